The molecule has 0 saturated heterocycles. The van der Waals surface area contributed by atoms with E-state index in [1.165, 1.54) is 5.56 Å². The highest BCUT2D eigenvalue weighted by Gasteiger charge is 2.28. The van der Waals surface area contributed by atoms with Gasteiger partial charge in [-0.3, -0.25) is 9.88 Å². The number of carboxylic acid groups (broad SMARTS) is 1. The summed E-state index contributed by atoms with van der Waals surface area (Å²) < 4.78 is 0. The van der Waals surface area contributed by atoms with Gasteiger partial charge in [0.15, 0.2) is 0 Å². The number of halogens is 1. The molecule has 0 spiro atoms. The summed E-state index contributed by atoms with van der Waals surface area (Å²) in [6.07, 6.45) is 5.62. The molecule has 0 fully saturated rings. The molecular weight excluding hydrogens is 422 g/mol. The largest absolute Gasteiger partial charge is 0.478 e. The van der Waals surface area contributed by atoms with Crippen LogP contribution in [0, 0.1) is 0 Å². The molecule has 1 aliphatic rings. The fraction of sp³-hybridized carbons (Fsp3) is 0.115. The van der Waals surface area contributed by atoms with E-state index in [0.717, 1.165) is 28.9 Å². The topological polar surface area (TPSA) is 66.3 Å². The summed E-state index contributed by atoms with van der Waals surface area (Å²) in [5.41, 5.74) is 5.74. The molecule has 0 amide bonds. The zero-order valence-electron chi connectivity index (χ0n) is 17.3. The lowest BCUT2D eigenvalue weighted by Crippen LogP contribution is -2.31. The molecule has 0 aliphatic carbocycles. The molecule has 5 nitrogen and oxygen atoms in total. The van der Waals surface area contributed by atoms with Gasteiger partial charge in [-0.25, -0.2) is 9.78 Å². The van der Waals surface area contributed by atoms with E-state index >= 15 is 0 Å². The first-order valence-electron chi connectivity index (χ1n) is 10.2. The van der Waals surface area contributed by atoms with Gasteiger partial charge in [0.2, 0.25) is 0 Å². The van der Waals surface area contributed by atoms with E-state index in [0.29, 0.717) is 29.6 Å². The van der Waals surface area contributed by atoms with Crippen LogP contribution in [0.15, 0.2) is 79.1 Å². The van der Waals surface area contributed by atoms with Crippen molar-refractivity contribution in [2.24, 2.45) is 0 Å². The number of fused-ring (bicyclic) bond motifs is 2. The summed E-state index contributed by atoms with van der Waals surface area (Å²) in [5, 5.41) is 10.8. The van der Waals surface area contributed by atoms with Crippen molar-refractivity contribution in [2.75, 3.05) is 6.54 Å². The van der Waals surface area contributed by atoms with E-state index < -0.39 is 5.97 Å². The van der Waals surface area contributed by atoms with Gasteiger partial charge in [0.1, 0.15) is 0 Å². The molecule has 2 aromatic heterocycles. The van der Waals surface area contributed by atoms with Gasteiger partial charge >= 0.3 is 5.97 Å². The van der Waals surface area contributed by atoms with Gasteiger partial charge in [-0.2, -0.15) is 0 Å². The van der Waals surface area contributed by atoms with Crippen molar-refractivity contribution in [3.05, 3.63) is 107 Å². The Balaban J connectivity index is 0.00000245. The molecule has 0 atom stereocenters. The number of benzene rings is 2. The quantitative estimate of drug-likeness (QED) is 0.463. The molecular formula is C26H22ClN3O2. The second-order valence-corrected chi connectivity index (χ2v) is 7.72. The van der Waals surface area contributed by atoms with Crippen LogP contribution in [0.5, 0.6) is 0 Å². The highest BCUT2D eigenvalue weighted by atomic mass is 35.5. The number of para-hydroxylation sites is 1. The summed E-state index contributed by atoms with van der Waals surface area (Å²) in [6, 6.07) is 21.6. The number of carboxylic acids is 1. The Kier molecular flexibility index (Phi) is 6.30. The molecule has 32 heavy (non-hydrogen) atoms. The predicted molar refractivity (Wildman–Crippen MR) is 129 cm³/mol. The zero-order valence-corrected chi connectivity index (χ0v) is 18.1. The fourth-order valence-corrected chi connectivity index (χ4v) is 4.24. The molecule has 160 valence electrons. The summed E-state index contributed by atoms with van der Waals surface area (Å²) in [4.78, 5) is 23.7. The van der Waals surface area contributed by atoms with Gasteiger partial charge in [0.05, 0.1) is 16.8 Å². The summed E-state index contributed by atoms with van der Waals surface area (Å²) in [7, 11) is 0. The molecule has 0 saturated carbocycles. The maximum atomic E-state index is 12.3. The van der Waals surface area contributed by atoms with Gasteiger partial charge < -0.3 is 5.11 Å². The van der Waals surface area contributed by atoms with Crippen molar-refractivity contribution in [1.82, 2.24) is 14.9 Å². The average Bonchev–Trinajstić information content (AvgIpc) is 2.79. The molecule has 1 N–H and O–H groups in total. The van der Waals surface area contributed by atoms with Gasteiger partial charge in [0, 0.05) is 43.0 Å². The third-order valence-electron chi connectivity index (χ3n) is 5.56. The second kappa shape index (κ2) is 9.30. The van der Waals surface area contributed by atoms with Crippen LogP contribution in [-0.2, 0) is 13.1 Å². The maximum absolute atomic E-state index is 12.3. The Labute approximate surface area is 192 Å². The summed E-state index contributed by atoms with van der Waals surface area (Å²) >= 11 is 0. The van der Waals surface area contributed by atoms with Crippen LogP contribution in [0.2, 0.25) is 0 Å². The first kappa shape index (κ1) is 21.7. The molecule has 3 heterocycles. The minimum Gasteiger partial charge on any atom is -0.478 e. The standard InChI is InChI=1S/C26H21N3O2.ClH/c30-26(31)24-21-10-4-5-11-23(21)28-25-20(13-19-9-6-12-27-14-19)16-29(17-22(24)25)15-18-7-2-1-3-8-18;/h1-14H,15-17H2,(H,30,31);1H/b20-13+;. The Bertz CT molecular complexity index is 1290. The van der Waals surface area contributed by atoms with Crippen molar-refractivity contribution in [3.8, 4) is 0 Å². The SMILES string of the molecule is Cl.O=C(O)c1c2c(nc3ccccc13)/C(=C/c1cccnc1)CN(Cc1ccccc1)C2. The van der Waals surface area contributed by atoms with Crippen molar-refractivity contribution < 1.29 is 9.90 Å². The summed E-state index contributed by atoms with van der Waals surface area (Å²) in [5.74, 6) is -0.919. The minimum absolute atomic E-state index is 0. The number of carbonyl (C=O) groups is 1. The minimum atomic E-state index is -0.919. The molecule has 5 rings (SSSR count). The Morgan fingerprint density at radius 1 is 1.00 bits per heavy atom. The van der Waals surface area contributed by atoms with Crippen LogP contribution in [0.1, 0.15) is 32.7 Å². The number of hydrogen-bond acceptors (Lipinski definition) is 4. The Morgan fingerprint density at radius 3 is 2.53 bits per heavy atom. The van der Waals surface area contributed by atoms with Crippen molar-refractivity contribution in [1.29, 1.82) is 0 Å². The van der Waals surface area contributed by atoms with E-state index in [-0.39, 0.29) is 12.4 Å². The van der Waals surface area contributed by atoms with Crippen LogP contribution < -0.4 is 0 Å². The van der Waals surface area contributed by atoms with Crippen LogP contribution in [0.4, 0.5) is 0 Å². The fourth-order valence-electron chi connectivity index (χ4n) is 4.24. The molecule has 1 aliphatic heterocycles. The normalized spacial score (nSPS) is 14.7. The Morgan fingerprint density at radius 2 is 1.78 bits per heavy atom. The third-order valence-corrected chi connectivity index (χ3v) is 5.56. The number of nitrogens with zero attached hydrogens (tertiary/aromatic N) is 3. The van der Waals surface area contributed by atoms with Crippen molar-refractivity contribution in [3.63, 3.8) is 0 Å². The molecule has 0 radical (unpaired) electrons. The number of aromatic nitrogens is 2. The lowest BCUT2D eigenvalue weighted by molar-refractivity contribution is 0.0696. The highest BCUT2D eigenvalue weighted by molar-refractivity contribution is 6.06. The van der Waals surface area contributed by atoms with Crippen LogP contribution >= 0.6 is 12.4 Å². The lowest BCUT2D eigenvalue weighted by atomic mass is 9.92. The average molecular weight is 444 g/mol. The number of hydrogen-bond donors (Lipinski definition) is 1. The van der Waals surface area contributed by atoms with E-state index in [1.54, 1.807) is 6.20 Å². The lowest BCUT2D eigenvalue weighted by Gasteiger charge is -2.31. The zero-order chi connectivity index (χ0) is 21.2. The monoisotopic (exact) mass is 443 g/mol. The predicted octanol–water partition coefficient (Wildman–Crippen LogP) is 5.31. The first-order chi connectivity index (χ1) is 15.2. The maximum Gasteiger partial charge on any atom is 0.336 e. The molecule has 4 aromatic rings. The molecule has 0 bridgehead atoms. The van der Waals surface area contributed by atoms with Gasteiger partial charge in [-0.15, -0.1) is 12.4 Å². The third kappa shape index (κ3) is 4.26. The smallest absolute Gasteiger partial charge is 0.336 e. The van der Waals surface area contributed by atoms with Crippen LogP contribution in [0.25, 0.3) is 22.6 Å². The summed E-state index contributed by atoms with van der Waals surface area (Å²) in [6.45, 7) is 1.95. The molecule has 2 aromatic carbocycles. The van der Waals surface area contributed by atoms with Crippen LogP contribution in [0.3, 0.4) is 0 Å². The number of rotatable bonds is 4. The first-order valence-corrected chi connectivity index (χ1v) is 10.2. The van der Waals surface area contributed by atoms with Crippen LogP contribution in [-0.4, -0.2) is 32.5 Å². The van der Waals surface area contributed by atoms with Gasteiger partial charge in [-0.05, 0) is 34.9 Å². The van der Waals surface area contributed by atoms with Gasteiger partial charge in [-0.1, -0.05) is 54.6 Å². The number of aromatic carboxylic acids is 1. The van der Waals surface area contributed by atoms with E-state index in [2.05, 4.69) is 28.1 Å². The van der Waals surface area contributed by atoms with E-state index in [9.17, 15) is 9.90 Å². The van der Waals surface area contributed by atoms with Gasteiger partial charge in [0.25, 0.3) is 0 Å². The van der Waals surface area contributed by atoms with E-state index in [4.69, 9.17) is 4.98 Å². The highest BCUT2D eigenvalue weighted by Crippen LogP contribution is 2.34. The Hall–Kier alpha value is -3.54. The molecule has 6 heteroatoms. The van der Waals surface area contributed by atoms with Crippen molar-refractivity contribution in [2.45, 2.75) is 13.1 Å². The van der Waals surface area contributed by atoms with E-state index in [1.807, 2.05) is 60.8 Å². The number of pyridine rings is 2. The van der Waals surface area contributed by atoms with Crippen molar-refractivity contribution >= 4 is 40.9 Å². The molecule has 0 unspecified atom stereocenters. The second-order valence-electron chi connectivity index (χ2n) is 7.72.